The molecule has 0 unspecified atom stereocenters. The lowest BCUT2D eigenvalue weighted by molar-refractivity contribution is -0.114. The van der Waals surface area contributed by atoms with Crippen LogP contribution < -0.4 is 16.4 Å². The second kappa shape index (κ2) is 5.98. The summed E-state index contributed by atoms with van der Waals surface area (Å²) in [5, 5.41) is 6.11. The maximum Gasteiger partial charge on any atom is 0.221 e. The predicted octanol–water partition coefficient (Wildman–Crippen LogP) is 1.64. The first kappa shape index (κ1) is 13.1. The van der Waals surface area contributed by atoms with E-state index >= 15 is 0 Å². The zero-order valence-electron chi connectivity index (χ0n) is 10.8. The zero-order chi connectivity index (χ0) is 13.0. The average molecular weight is 247 g/mol. The van der Waals surface area contributed by atoms with E-state index in [-0.39, 0.29) is 11.9 Å². The van der Waals surface area contributed by atoms with Crippen LogP contribution >= 0.6 is 0 Å². The lowest BCUT2D eigenvalue weighted by atomic mass is 9.86. The van der Waals surface area contributed by atoms with E-state index in [9.17, 15) is 4.79 Å². The van der Waals surface area contributed by atoms with Crippen LogP contribution in [-0.2, 0) is 4.79 Å². The van der Waals surface area contributed by atoms with E-state index in [0.29, 0.717) is 5.92 Å². The molecule has 1 aliphatic heterocycles. The number of carbonyl (C=O) groups is 1. The summed E-state index contributed by atoms with van der Waals surface area (Å²) in [4.78, 5) is 10.9. The van der Waals surface area contributed by atoms with Gasteiger partial charge in [-0.05, 0) is 49.5 Å². The van der Waals surface area contributed by atoms with E-state index in [1.807, 2.05) is 24.3 Å². The molecule has 1 heterocycles. The third-order valence-corrected chi connectivity index (χ3v) is 3.51. The number of nitrogens with two attached hydrogens (primary N) is 1. The summed E-state index contributed by atoms with van der Waals surface area (Å²) in [5.41, 5.74) is 8.28. The highest BCUT2D eigenvalue weighted by atomic mass is 16.1. The van der Waals surface area contributed by atoms with Crippen molar-refractivity contribution in [2.75, 3.05) is 18.4 Å². The monoisotopic (exact) mass is 247 g/mol. The van der Waals surface area contributed by atoms with Crippen LogP contribution in [0.15, 0.2) is 24.3 Å². The number of amides is 1. The number of benzene rings is 1. The molecule has 98 valence electrons. The van der Waals surface area contributed by atoms with Crippen LogP contribution in [0.1, 0.15) is 31.4 Å². The molecule has 4 heteroatoms. The molecule has 0 saturated carbocycles. The van der Waals surface area contributed by atoms with Gasteiger partial charge in [-0.1, -0.05) is 12.1 Å². The zero-order valence-corrected chi connectivity index (χ0v) is 10.8. The average Bonchev–Trinajstić information content (AvgIpc) is 2.39. The minimum atomic E-state index is -0.0506. The van der Waals surface area contributed by atoms with E-state index in [4.69, 9.17) is 5.73 Å². The summed E-state index contributed by atoms with van der Waals surface area (Å²) in [6.07, 6.45) is 2.27. The molecule has 0 aromatic heterocycles. The molecule has 1 aromatic rings. The Morgan fingerprint density at radius 3 is 2.50 bits per heavy atom. The van der Waals surface area contributed by atoms with Gasteiger partial charge in [0, 0.05) is 18.7 Å². The first-order chi connectivity index (χ1) is 8.66. The molecule has 4 nitrogen and oxygen atoms in total. The highest BCUT2D eigenvalue weighted by Crippen LogP contribution is 2.27. The second-order valence-corrected chi connectivity index (χ2v) is 4.92. The normalized spacial score (nSPS) is 18.3. The SMILES string of the molecule is CC(=O)Nc1ccc([C@H](N)C2CCNCC2)cc1. The molecule has 1 aromatic carbocycles. The van der Waals surface area contributed by atoms with Gasteiger partial charge >= 0.3 is 0 Å². The summed E-state index contributed by atoms with van der Waals surface area (Å²) in [5.74, 6) is 0.503. The molecule has 0 aliphatic carbocycles. The van der Waals surface area contributed by atoms with Crippen LogP contribution in [0.25, 0.3) is 0 Å². The van der Waals surface area contributed by atoms with Crippen molar-refractivity contribution in [1.29, 1.82) is 0 Å². The molecule has 0 radical (unpaired) electrons. The lowest BCUT2D eigenvalue weighted by Crippen LogP contribution is -2.33. The maximum atomic E-state index is 10.9. The standard InChI is InChI=1S/C14H21N3O/c1-10(18)17-13-4-2-11(3-5-13)14(15)12-6-8-16-9-7-12/h2-5,12,14,16H,6-9,15H2,1H3,(H,17,18)/t14-/m0/s1. The molecule has 1 fully saturated rings. The molecule has 1 amide bonds. The highest BCUT2D eigenvalue weighted by molar-refractivity contribution is 5.88. The van der Waals surface area contributed by atoms with Crippen molar-refractivity contribution in [2.24, 2.45) is 11.7 Å². The van der Waals surface area contributed by atoms with Gasteiger partial charge in [0.1, 0.15) is 0 Å². The van der Waals surface area contributed by atoms with Crippen molar-refractivity contribution >= 4 is 11.6 Å². The summed E-state index contributed by atoms with van der Waals surface area (Å²) >= 11 is 0. The molecule has 1 atom stereocenters. The third kappa shape index (κ3) is 3.31. The van der Waals surface area contributed by atoms with Crippen molar-refractivity contribution in [3.8, 4) is 0 Å². The van der Waals surface area contributed by atoms with Crippen LogP contribution in [-0.4, -0.2) is 19.0 Å². The van der Waals surface area contributed by atoms with E-state index in [1.165, 1.54) is 6.92 Å². The molecule has 4 N–H and O–H groups in total. The molecular weight excluding hydrogens is 226 g/mol. The Morgan fingerprint density at radius 2 is 1.94 bits per heavy atom. The number of hydrogen-bond acceptors (Lipinski definition) is 3. The lowest BCUT2D eigenvalue weighted by Gasteiger charge is -2.28. The fourth-order valence-electron chi connectivity index (χ4n) is 2.47. The van der Waals surface area contributed by atoms with Crippen molar-refractivity contribution in [1.82, 2.24) is 5.32 Å². The van der Waals surface area contributed by atoms with Gasteiger partial charge < -0.3 is 16.4 Å². The summed E-state index contributed by atoms with van der Waals surface area (Å²) in [6, 6.07) is 7.95. The highest BCUT2D eigenvalue weighted by Gasteiger charge is 2.21. The molecule has 18 heavy (non-hydrogen) atoms. The minimum Gasteiger partial charge on any atom is -0.326 e. The fraction of sp³-hybridized carbons (Fsp3) is 0.500. The van der Waals surface area contributed by atoms with Gasteiger partial charge in [-0.15, -0.1) is 0 Å². The van der Waals surface area contributed by atoms with Gasteiger partial charge in [-0.25, -0.2) is 0 Å². The Labute approximate surface area is 108 Å². The number of anilines is 1. The number of rotatable bonds is 3. The van der Waals surface area contributed by atoms with Gasteiger partial charge in [-0.2, -0.15) is 0 Å². The van der Waals surface area contributed by atoms with Crippen molar-refractivity contribution in [2.45, 2.75) is 25.8 Å². The molecule has 0 spiro atoms. The number of hydrogen-bond donors (Lipinski definition) is 3. The van der Waals surface area contributed by atoms with E-state index < -0.39 is 0 Å². The first-order valence-corrected chi connectivity index (χ1v) is 6.50. The van der Waals surface area contributed by atoms with E-state index in [1.54, 1.807) is 0 Å². The Kier molecular flexibility index (Phi) is 4.33. The van der Waals surface area contributed by atoms with Crippen LogP contribution in [0.2, 0.25) is 0 Å². The largest absolute Gasteiger partial charge is 0.326 e. The summed E-state index contributed by atoms with van der Waals surface area (Å²) < 4.78 is 0. The minimum absolute atomic E-state index is 0.0506. The number of piperidine rings is 1. The summed E-state index contributed by atoms with van der Waals surface area (Å²) in [6.45, 7) is 3.62. The Morgan fingerprint density at radius 1 is 1.33 bits per heavy atom. The van der Waals surface area contributed by atoms with Gasteiger partial charge in [0.2, 0.25) is 5.91 Å². The first-order valence-electron chi connectivity index (χ1n) is 6.50. The molecule has 1 aliphatic rings. The number of nitrogens with one attached hydrogen (secondary N) is 2. The van der Waals surface area contributed by atoms with Crippen LogP contribution in [0, 0.1) is 5.92 Å². The smallest absolute Gasteiger partial charge is 0.221 e. The Bertz CT molecular complexity index is 396. The molecule has 1 saturated heterocycles. The van der Waals surface area contributed by atoms with Crippen molar-refractivity contribution < 1.29 is 4.79 Å². The van der Waals surface area contributed by atoms with Gasteiger partial charge in [0.25, 0.3) is 0 Å². The van der Waals surface area contributed by atoms with Crippen LogP contribution in [0.5, 0.6) is 0 Å². The number of carbonyl (C=O) groups excluding carboxylic acids is 1. The Hall–Kier alpha value is -1.39. The maximum absolute atomic E-state index is 10.9. The quantitative estimate of drug-likeness (QED) is 0.760. The second-order valence-electron chi connectivity index (χ2n) is 4.92. The van der Waals surface area contributed by atoms with Crippen LogP contribution in [0.4, 0.5) is 5.69 Å². The van der Waals surface area contributed by atoms with Crippen molar-refractivity contribution in [3.63, 3.8) is 0 Å². The third-order valence-electron chi connectivity index (χ3n) is 3.51. The van der Waals surface area contributed by atoms with E-state index in [0.717, 1.165) is 37.2 Å². The van der Waals surface area contributed by atoms with Crippen LogP contribution in [0.3, 0.4) is 0 Å². The Balaban J connectivity index is 2.01. The van der Waals surface area contributed by atoms with Crippen molar-refractivity contribution in [3.05, 3.63) is 29.8 Å². The molecular formula is C14H21N3O. The molecule has 2 rings (SSSR count). The molecule has 0 bridgehead atoms. The topological polar surface area (TPSA) is 67.2 Å². The van der Waals surface area contributed by atoms with Gasteiger partial charge in [-0.3, -0.25) is 4.79 Å². The summed E-state index contributed by atoms with van der Waals surface area (Å²) in [7, 11) is 0. The van der Waals surface area contributed by atoms with E-state index in [2.05, 4.69) is 10.6 Å². The fourth-order valence-corrected chi connectivity index (χ4v) is 2.47. The van der Waals surface area contributed by atoms with Gasteiger partial charge in [0.05, 0.1) is 0 Å². The van der Waals surface area contributed by atoms with Gasteiger partial charge in [0.15, 0.2) is 0 Å². The predicted molar refractivity (Wildman–Crippen MR) is 73.3 cm³/mol.